The first-order valence-electron chi connectivity index (χ1n) is 6.67. The second-order valence-corrected chi connectivity index (χ2v) is 6.58. The van der Waals surface area contributed by atoms with Crippen molar-refractivity contribution in [2.24, 2.45) is 5.14 Å². The van der Waals surface area contributed by atoms with Crippen LogP contribution in [0.5, 0.6) is 0 Å². The lowest BCUT2D eigenvalue weighted by molar-refractivity contribution is 0.0939. The molecule has 9 heteroatoms. The Bertz CT molecular complexity index is 901. The molecule has 0 aliphatic rings. The molecule has 0 saturated heterocycles. The fourth-order valence-corrected chi connectivity index (χ4v) is 2.70. The smallest absolute Gasteiger partial charge is 0.251 e. The number of carbonyl (C=O) groups excluding carboxylic acids is 1. The molecule has 0 aliphatic carbocycles. The highest BCUT2D eigenvalue weighted by atomic mass is 32.2. The highest BCUT2D eigenvalue weighted by Gasteiger charge is 2.19. The predicted octanol–water partition coefficient (Wildman–Crippen LogP) is 2.24. The third kappa shape index (κ3) is 3.92. The van der Waals surface area contributed by atoms with Gasteiger partial charge >= 0.3 is 0 Å². The molecular weight excluding hydrogens is 345 g/mol. The van der Waals surface area contributed by atoms with Gasteiger partial charge in [-0.05, 0) is 31.2 Å². The lowest BCUT2D eigenvalue weighted by atomic mass is 10.1. The van der Waals surface area contributed by atoms with Crippen LogP contribution in [0.25, 0.3) is 0 Å². The number of primary sulfonamides is 1. The van der Waals surface area contributed by atoms with Crippen molar-refractivity contribution in [1.82, 2.24) is 5.32 Å². The number of rotatable bonds is 4. The zero-order valence-corrected chi connectivity index (χ0v) is 13.2. The Hall–Kier alpha value is -2.39. The highest BCUT2D eigenvalue weighted by Crippen LogP contribution is 2.19. The second-order valence-electron chi connectivity index (χ2n) is 5.05. The number of hydrogen-bond donors (Lipinski definition) is 2. The number of hydrogen-bond acceptors (Lipinski definition) is 3. The molecule has 0 heterocycles. The standard InChI is InChI=1S/C15H13F3N2O3S/c1-8(11-4-3-10(16)7-13(11)18)20-15(21)9-2-5-12(17)14(6-9)24(19,22)23/h2-8H,1H3,(H,20,21)(H2,19,22,23)/t8-/m1/s1. The highest BCUT2D eigenvalue weighted by molar-refractivity contribution is 7.89. The van der Waals surface area contributed by atoms with Gasteiger partial charge in [0.05, 0.1) is 6.04 Å². The third-order valence-corrected chi connectivity index (χ3v) is 4.20. The predicted molar refractivity (Wildman–Crippen MR) is 80.0 cm³/mol. The van der Waals surface area contributed by atoms with Gasteiger partial charge in [0.1, 0.15) is 22.3 Å². The van der Waals surface area contributed by atoms with Crippen molar-refractivity contribution in [2.75, 3.05) is 0 Å². The van der Waals surface area contributed by atoms with E-state index in [9.17, 15) is 26.4 Å². The fraction of sp³-hybridized carbons (Fsp3) is 0.133. The van der Waals surface area contributed by atoms with Gasteiger partial charge in [-0.3, -0.25) is 4.79 Å². The molecule has 2 rings (SSSR count). The van der Waals surface area contributed by atoms with Crippen LogP contribution >= 0.6 is 0 Å². The van der Waals surface area contributed by atoms with E-state index in [-0.39, 0.29) is 11.1 Å². The summed E-state index contributed by atoms with van der Waals surface area (Å²) in [4.78, 5) is 11.3. The average Bonchev–Trinajstić information content (AvgIpc) is 2.46. The first-order valence-corrected chi connectivity index (χ1v) is 8.22. The molecule has 0 radical (unpaired) electrons. The van der Waals surface area contributed by atoms with E-state index >= 15 is 0 Å². The van der Waals surface area contributed by atoms with Gasteiger partial charge in [0.25, 0.3) is 5.91 Å². The van der Waals surface area contributed by atoms with Crippen molar-refractivity contribution in [2.45, 2.75) is 17.9 Å². The van der Waals surface area contributed by atoms with Crippen LogP contribution in [0.3, 0.4) is 0 Å². The Morgan fingerprint density at radius 3 is 2.33 bits per heavy atom. The van der Waals surface area contributed by atoms with E-state index in [0.717, 1.165) is 24.3 Å². The number of nitrogens with one attached hydrogen (secondary N) is 1. The molecule has 0 aromatic heterocycles. The molecular formula is C15H13F3N2O3S. The summed E-state index contributed by atoms with van der Waals surface area (Å²) in [5.74, 6) is -3.46. The quantitative estimate of drug-likeness (QED) is 0.878. The number of amides is 1. The second kappa shape index (κ2) is 6.62. The lowest BCUT2D eigenvalue weighted by Crippen LogP contribution is -2.27. The molecule has 0 fully saturated rings. The number of carbonyl (C=O) groups is 1. The van der Waals surface area contributed by atoms with Gasteiger partial charge < -0.3 is 5.32 Å². The third-order valence-electron chi connectivity index (χ3n) is 3.28. The van der Waals surface area contributed by atoms with Gasteiger partial charge in [0.2, 0.25) is 10.0 Å². The van der Waals surface area contributed by atoms with Crippen LogP contribution in [0, 0.1) is 17.5 Å². The summed E-state index contributed by atoms with van der Waals surface area (Å²) >= 11 is 0. The molecule has 2 aromatic carbocycles. The number of benzene rings is 2. The summed E-state index contributed by atoms with van der Waals surface area (Å²) in [6, 6.07) is 4.70. The van der Waals surface area contributed by atoms with Crippen molar-refractivity contribution in [3.63, 3.8) is 0 Å². The Morgan fingerprint density at radius 1 is 1.08 bits per heavy atom. The summed E-state index contributed by atoms with van der Waals surface area (Å²) in [5.41, 5.74) is -0.131. The zero-order chi connectivity index (χ0) is 18.1. The molecule has 1 amide bonds. The van der Waals surface area contributed by atoms with E-state index in [1.54, 1.807) is 0 Å². The maximum Gasteiger partial charge on any atom is 0.251 e. The van der Waals surface area contributed by atoms with Crippen LogP contribution in [-0.4, -0.2) is 14.3 Å². The van der Waals surface area contributed by atoms with Crippen LogP contribution in [0.1, 0.15) is 28.9 Å². The summed E-state index contributed by atoms with van der Waals surface area (Å²) in [6.07, 6.45) is 0. The molecule has 24 heavy (non-hydrogen) atoms. The van der Waals surface area contributed by atoms with Gasteiger partial charge in [-0.2, -0.15) is 0 Å². The van der Waals surface area contributed by atoms with Gasteiger partial charge in [-0.15, -0.1) is 0 Å². The van der Waals surface area contributed by atoms with Crippen LogP contribution in [0.2, 0.25) is 0 Å². The molecule has 0 unspecified atom stereocenters. The first-order chi connectivity index (χ1) is 11.1. The molecule has 0 bridgehead atoms. The monoisotopic (exact) mass is 358 g/mol. The molecule has 2 aromatic rings. The number of nitrogens with two attached hydrogens (primary N) is 1. The van der Waals surface area contributed by atoms with Gasteiger partial charge in [-0.1, -0.05) is 6.07 Å². The van der Waals surface area contributed by atoms with E-state index < -0.39 is 44.3 Å². The molecule has 3 N–H and O–H groups in total. The molecule has 5 nitrogen and oxygen atoms in total. The van der Waals surface area contributed by atoms with E-state index in [4.69, 9.17) is 5.14 Å². The fourth-order valence-electron chi connectivity index (χ4n) is 2.07. The first kappa shape index (κ1) is 18.0. The van der Waals surface area contributed by atoms with E-state index in [1.807, 2.05) is 0 Å². The molecule has 128 valence electrons. The number of halogens is 3. The zero-order valence-electron chi connectivity index (χ0n) is 12.4. The normalized spacial score (nSPS) is 12.7. The number of sulfonamides is 1. The van der Waals surface area contributed by atoms with Crippen molar-refractivity contribution in [3.05, 3.63) is 65.0 Å². The lowest BCUT2D eigenvalue weighted by Gasteiger charge is -2.15. The van der Waals surface area contributed by atoms with Crippen molar-refractivity contribution < 1.29 is 26.4 Å². The SMILES string of the molecule is C[C@@H](NC(=O)c1ccc(F)c(S(N)(=O)=O)c1)c1ccc(F)cc1F. The molecule has 0 aliphatic heterocycles. The maximum absolute atomic E-state index is 13.7. The van der Waals surface area contributed by atoms with Gasteiger partial charge in [-0.25, -0.2) is 26.7 Å². The minimum atomic E-state index is -4.34. The van der Waals surface area contributed by atoms with Gasteiger partial charge in [0.15, 0.2) is 0 Å². The van der Waals surface area contributed by atoms with E-state index in [2.05, 4.69) is 5.32 Å². The molecule has 0 spiro atoms. The Kier molecular flexibility index (Phi) is 4.95. The van der Waals surface area contributed by atoms with Crippen LogP contribution in [0.4, 0.5) is 13.2 Å². The van der Waals surface area contributed by atoms with Crippen LogP contribution in [0.15, 0.2) is 41.3 Å². The Balaban J connectivity index is 2.27. The van der Waals surface area contributed by atoms with Crippen molar-refractivity contribution in [1.29, 1.82) is 0 Å². The topological polar surface area (TPSA) is 89.3 Å². The van der Waals surface area contributed by atoms with E-state index in [0.29, 0.717) is 6.07 Å². The van der Waals surface area contributed by atoms with Crippen LogP contribution in [-0.2, 0) is 10.0 Å². The van der Waals surface area contributed by atoms with Crippen molar-refractivity contribution >= 4 is 15.9 Å². The average molecular weight is 358 g/mol. The summed E-state index contributed by atoms with van der Waals surface area (Å²) < 4.78 is 62.6. The molecule has 1 atom stereocenters. The minimum absolute atomic E-state index is 0.0403. The van der Waals surface area contributed by atoms with Crippen LogP contribution < -0.4 is 10.5 Å². The Labute approximate surface area is 136 Å². The Morgan fingerprint density at radius 2 is 1.75 bits per heavy atom. The minimum Gasteiger partial charge on any atom is -0.345 e. The summed E-state index contributed by atoms with van der Waals surface area (Å²) in [6.45, 7) is 1.46. The summed E-state index contributed by atoms with van der Waals surface area (Å²) in [7, 11) is -4.34. The molecule has 0 saturated carbocycles. The maximum atomic E-state index is 13.7. The van der Waals surface area contributed by atoms with Gasteiger partial charge in [0, 0.05) is 17.2 Å². The summed E-state index contributed by atoms with van der Waals surface area (Å²) in [5, 5.41) is 7.28. The van der Waals surface area contributed by atoms with E-state index in [1.165, 1.54) is 13.0 Å². The van der Waals surface area contributed by atoms with Crippen molar-refractivity contribution in [3.8, 4) is 0 Å². The largest absolute Gasteiger partial charge is 0.345 e.